The van der Waals surface area contributed by atoms with Gasteiger partial charge in [0.25, 0.3) is 0 Å². The van der Waals surface area contributed by atoms with E-state index in [0.29, 0.717) is 0 Å². The highest BCUT2D eigenvalue weighted by Crippen LogP contribution is 2.44. The summed E-state index contributed by atoms with van der Waals surface area (Å²) in [5, 5.41) is 4.84. The summed E-state index contributed by atoms with van der Waals surface area (Å²) in [6, 6.07) is 66.1. The maximum Gasteiger partial charge on any atom is 0.0619 e. The molecule has 0 aliphatic rings. The number of fused-ring (bicyclic) bond motifs is 6. The zero-order valence-corrected chi connectivity index (χ0v) is 31.8. The molecule has 10 aromatic rings. The maximum absolute atomic E-state index is 4.10. The number of benzene rings is 8. The molecule has 0 aliphatic heterocycles. The van der Waals surface area contributed by atoms with Crippen LogP contribution in [0.3, 0.4) is 0 Å². The quantitative estimate of drug-likeness (QED) is 0.150. The molecule has 2 nitrogen and oxygen atoms in total. The van der Waals surface area contributed by atoms with Crippen LogP contribution in [-0.4, -0.2) is 9.55 Å². The first-order valence-corrected chi connectivity index (χ1v) is 19.6. The Kier molecular flexibility index (Phi) is 8.58. The van der Waals surface area contributed by atoms with Crippen LogP contribution < -0.4 is 0 Å². The summed E-state index contributed by atoms with van der Waals surface area (Å²) in [5.74, 6) is 0. The van der Waals surface area contributed by atoms with Crippen LogP contribution in [-0.2, 0) is 0 Å². The molecule has 0 saturated carbocycles. The zero-order chi connectivity index (χ0) is 38.3. The van der Waals surface area contributed by atoms with Gasteiger partial charge in [-0.2, -0.15) is 0 Å². The molecule has 0 amide bonds. The van der Waals surface area contributed by atoms with Crippen molar-refractivity contribution in [2.75, 3.05) is 0 Å². The van der Waals surface area contributed by atoms with E-state index in [1.54, 1.807) is 0 Å². The van der Waals surface area contributed by atoms with Gasteiger partial charge in [0.1, 0.15) is 0 Å². The molecule has 2 aromatic heterocycles. The molecule has 2 heterocycles. The number of aromatic amines is 1. The molecule has 0 aliphatic carbocycles. The molecule has 0 saturated heterocycles. The number of rotatable bonds is 8. The molecule has 1 N–H and O–H groups in total. The second-order valence-electron chi connectivity index (χ2n) is 14.6. The first-order valence-electron chi connectivity index (χ1n) is 19.6. The molecular weight excluding hydrogens is 689 g/mol. The van der Waals surface area contributed by atoms with Crippen LogP contribution in [0.5, 0.6) is 0 Å². The summed E-state index contributed by atoms with van der Waals surface area (Å²) < 4.78 is 2.41. The summed E-state index contributed by atoms with van der Waals surface area (Å²) in [5.41, 5.74) is 17.6. The third-order valence-corrected chi connectivity index (χ3v) is 11.2. The van der Waals surface area contributed by atoms with E-state index in [-0.39, 0.29) is 0 Å². The minimum atomic E-state index is 1.06. The number of nitrogens with one attached hydrogen (secondary N) is 1. The molecule has 0 atom stereocenters. The van der Waals surface area contributed by atoms with Crippen molar-refractivity contribution in [2.45, 2.75) is 6.92 Å². The predicted octanol–water partition coefficient (Wildman–Crippen LogP) is 15.4. The number of nitrogens with zero attached hydrogens (tertiary/aromatic N) is 1. The maximum atomic E-state index is 4.10. The highest BCUT2D eigenvalue weighted by atomic mass is 15.0. The van der Waals surface area contributed by atoms with Crippen LogP contribution in [0.4, 0.5) is 0 Å². The van der Waals surface area contributed by atoms with Gasteiger partial charge in [-0.05, 0) is 112 Å². The monoisotopic (exact) mass is 728 g/mol. The van der Waals surface area contributed by atoms with Crippen molar-refractivity contribution in [3.8, 4) is 55.6 Å². The van der Waals surface area contributed by atoms with Gasteiger partial charge in [-0.1, -0.05) is 152 Å². The van der Waals surface area contributed by atoms with E-state index in [1.807, 2.05) is 6.08 Å². The van der Waals surface area contributed by atoms with Gasteiger partial charge in [0.05, 0.1) is 16.6 Å². The van der Waals surface area contributed by atoms with Crippen molar-refractivity contribution < 1.29 is 0 Å². The summed E-state index contributed by atoms with van der Waals surface area (Å²) in [6.45, 7) is 6.17. The molecule has 270 valence electrons. The van der Waals surface area contributed by atoms with E-state index in [2.05, 4.69) is 223 Å². The second kappa shape index (κ2) is 14.3. The molecule has 2 heteroatoms. The average Bonchev–Trinajstić information content (AvgIpc) is 3.82. The van der Waals surface area contributed by atoms with Gasteiger partial charge >= 0.3 is 0 Å². The van der Waals surface area contributed by atoms with Crippen LogP contribution in [0.25, 0.3) is 105 Å². The molecule has 0 bridgehead atoms. The zero-order valence-electron chi connectivity index (χ0n) is 31.8. The van der Waals surface area contributed by atoms with Crippen molar-refractivity contribution in [2.24, 2.45) is 0 Å². The Hall–Kier alpha value is -7.42. The molecule has 10 rings (SSSR count). The first kappa shape index (κ1) is 34.1. The van der Waals surface area contributed by atoms with Gasteiger partial charge in [0, 0.05) is 43.9 Å². The van der Waals surface area contributed by atoms with Crippen molar-refractivity contribution in [3.63, 3.8) is 0 Å². The highest BCUT2D eigenvalue weighted by Gasteiger charge is 2.20. The molecule has 0 unspecified atom stereocenters. The van der Waals surface area contributed by atoms with Crippen molar-refractivity contribution in [3.05, 3.63) is 213 Å². The second-order valence-corrected chi connectivity index (χ2v) is 14.6. The van der Waals surface area contributed by atoms with E-state index < -0.39 is 0 Å². The predicted molar refractivity (Wildman–Crippen MR) is 245 cm³/mol. The Morgan fingerprint density at radius 2 is 0.982 bits per heavy atom. The Labute approximate surface area is 333 Å². The van der Waals surface area contributed by atoms with Crippen molar-refractivity contribution in [1.82, 2.24) is 9.55 Å². The molecule has 57 heavy (non-hydrogen) atoms. The molecule has 0 radical (unpaired) electrons. The number of allylic oxidation sites excluding steroid dienone is 5. The summed E-state index contributed by atoms with van der Waals surface area (Å²) in [7, 11) is 0. The smallest absolute Gasteiger partial charge is 0.0619 e. The Balaban J connectivity index is 1.24. The third kappa shape index (κ3) is 6.00. The summed E-state index contributed by atoms with van der Waals surface area (Å²) >= 11 is 0. The van der Waals surface area contributed by atoms with Gasteiger partial charge in [-0.15, -0.1) is 0 Å². The molecule has 8 aromatic carbocycles. The Morgan fingerprint density at radius 1 is 0.474 bits per heavy atom. The molecule has 0 fully saturated rings. The molecular formula is C55H40N2. The number of H-pyrrole nitrogens is 1. The van der Waals surface area contributed by atoms with Gasteiger partial charge in [-0.3, -0.25) is 0 Å². The lowest BCUT2D eigenvalue weighted by Gasteiger charge is -2.14. The van der Waals surface area contributed by atoms with Crippen LogP contribution in [0.1, 0.15) is 6.92 Å². The largest absolute Gasteiger partial charge is 0.354 e. The lowest BCUT2D eigenvalue weighted by molar-refractivity contribution is 1.24. The average molecular weight is 729 g/mol. The van der Waals surface area contributed by atoms with Crippen LogP contribution in [0.2, 0.25) is 0 Å². The highest BCUT2D eigenvalue weighted by molar-refractivity contribution is 6.18. The lowest BCUT2D eigenvalue weighted by atomic mass is 9.94. The van der Waals surface area contributed by atoms with E-state index in [0.717, 1.165) is 22.2 Å². The number of aromatic nitrogens is 2. The fourth-order valence-corrected chi connectivity index (χ4v) is 8.55. The summed E-state index contributed by atoms with van der Waals surface area (Å²) in [6.07, 6.45) is 8.26. The third-order valence-electron chi connectivity index (χ3n) is 11.2. The SMILES string of the molecule is C=C/C=C(\C=C/C)n1c2ccc(-c3ccc4[nH]c5c(-c6ccccc6)cc(-c6ccccc6)cc5c4c3)cc2c2cc(-c3ccccc3)cc(-c3ccccc3)c21. The Morgan fingerprint density at radius 3 is 1.58 bits per heavy atom. The van der Waals surface area contributed by atoms with Crippen molar-refractivity contribution in [1.29, 1.82) is 0 Å². The number of hydrogen-bond acceptors (Lipinski definition) is 0. The van der Waals surface area contributed by atoms with E-state index in [4.69, 9.17) is 0 Å². The standard InChI is InChI=1S/C55H40N2/c1-3-17-45(18-4-2)57-53-30-28-42(32-49(53)51-36-44(38-21-11-6-12-22-38)34-47(55(51)57)40-25-15-8-16-26-40)41-27-29-52-48(31-41)50-35-43(37-19-9-5-10-20-37)33-46(54(50)56-52)39-23-13-7-14-24-39/h3-36,56H,1H2,2H3/b18-4-,45-17+. The van der Waals surface area contributed by atoms with Crippen LogP contribution in [0, 0.1) is 0 Å². The van der Waals surface area contributed by atoms with Gasteiger partial charge < -0.3 is 9.55 Å². The Bertz CT molecular complexity index is 3160. The topological polar surface area (TPSA) is 20.7 Å². The minimum absolute atomic E-state index is 1.06. The van der Waals surface area contributed by atoms with E-state index in [9.17, 15) is 0 Å². The van der Waals surface area contributed by atoms with E-state index >= 15 is 0 Å². The minimum Gasteiger partial charge on any atom is -0.354 e. The fourth-order valence-electron chi connectivity index (χ4n) is 8.55. The van der Waals surface area contributed by atoms with Gasteiger partial charge in [0.15, 0.2) is 0 Å². The summed E-state index contributed by atoms with van der Waals surface area (Å²) in [4.78, 5) is 3.82. The molecule has 0 spiro atoms. The fraction of sp³-hybridized carbons (Fsp3) is 0.0182. The normalized spacial score (nSPS) is 12.1. The number of hydrogen-bond donors (Lipinski definition) is 1. The van der Waals surface area contributed by atoms with Crippen molar-refractivity contribution >= 4 is 49.3 Å². The first-order chi connectivity index (χ1) is 28.2. The van der Waals surface area contributed by atoms with Crippen LogP contribution in [0.15, 0.2) is 213 Å². The van der Waals surface area contributed by atoms with E-state index in [1.165, 1.54) is 82.7 Å². The van der Waals surface area contributed by atoms with Gasteiger partial charge in [0.2, 0.25) is 0 Å². The van der Waals surface area contributed by atoms with Gasteiger partial charge in [-0.25, -0.2) is 0 Å². The van der Waals surface area contributed by atoms with Crippen LogP contribution >= 0.6 is 0 Å². The lowest BCUT2D eigenvalue weighted by Crippen LogP contribution is -1.97.